The van der Waals surface area contributed by atoms with Crippen molar-refractivity contribution in [2.75, 3.05) is 19.6 Å². The highest BCUT2D eigenvalue weighted by Crippen LogP contribution is 2.46. The largest absolute Gasteiger partial charge is 0.458 e. The molecule has 4 heterocycles. The number of amides is 1. The maximum absolute atomic E-state index is 13.0. The number of ether oxygens (including phenoxy) is 3. The molecular weight excluding hydrogens is 396 g/mol. The fraction of sp³-hybridized carbons (Fsp3) is 0.417. The molecule has 0 N–H and O–H groups in total. The van der Waals surface area contributed by atoms with Crippen molar-refractivity contribution in [1.82, 2.24) is 9.80 Å². The molecule has 2 aromatic carbocycles. The van der Waals surface area contributed by atoms with Crippen LogP contribution in [0.15, 0.2) is 60.7 Å². The van der Waals surface area contributed by atoms with Gasteiger partial charge in [0, 0.05) is 13.0 Å². The third kappa shape index (κ3) is 4.03. The van der Waals surface area contributed by atoms with Gasteiger partial charge in [-0.1, -0.05) is 60.7 Å². The lowest BCUT2D eigenvalue weighted by molar-refractivity contribution is -0.367. The van der Waals surface area contributed by atoms with Crippen LogP contribution in [0.4, 0.5) is 4.79 Å². The molecule has 2 bridgehead atoms. The Morgan fingerprint density at radius 3 is 2.52 bits per heavy atom. The van der Waals surface area contributed by atoms with E-state index in [1.54, 1.807) is 4.90 Å². The van der Waals surface area contributed by atoms with E-state index >= 15 is 0 Å². The van der Waals surface area contributed by atoms with Crippen LogP contribution in [-0.2, 0) is 32.0 Å². The zero-order chi connectivity index (χ0) is 21.3. The minimum Gasteiger partial charge on any atom is -0.458 e. The Balaban J connectivity index is 1.25. The summed E-state index contributed by atoms with van der Waals surface area (Å²) in [5.74, 6) is -0.542. The molecule has 2 aromatic rings. The van der Waals surface area contributed by atoms with E-state index in [0.717, 1.165) is 30.5 Å². The van der Waals surface area contributed by atoms with Gasteiger partial charge >= 0.3 is 12.1 Å². The van der Waals surface area contributed by atoms with Crippen molar-refractivity contribution in [3.63, 3.8) is 0 Å². The Labute approximate surface area is 181 Å². The molecule has 31 heavy (non-hydrogen) atoms. The van der Waals surface area contributed by atoms with Gasteiger partial charge in [0.2, 0.25) is 6.10 Å². The molecule has 0 aliphatic carbocycles. The van der Waals surface area contributed by atoms with E-state index < -0.39 is 18.2 Å². The predicted octanol–water partition coefficient (Wildman–Crippen LogP) is 2.94. The summed E-state index contributed by atoms with van der Waals surface area (Å²) in [5, 5.41) is 0. The van der Waals surface area contributed by atoms with Crippen LogP contribution >= 0.6 is 0 Å². The number of hydrogen-bond donors (Lipinski definition) is 0. The van der Waals surface area contributed by atoms with Crippen LogP contribution in [0.3, 0.4) is 0 Å². The summed E-state index contributed by atoms with van der Waals surface area (Å²) >= 11 is 0. The highest BCUT2D eigenvalue weighted by Gasteiger charge is 2.61. The molecule has 4 aliphatic heterocycles. The number of morpholine rings is 1. The molecule has 0 aromatic heterocycles. The summed E-state index contributed by atoms with van der Waals surface area (Å²) < 4.78 is 17.2. The van der Waals surface area contributed by atoms with Crippen molar-refractivity contribution in [3.05, 3.63) is 71.8 Å². The van der Waals surface area contributed by atoms with E-state index in [0.29, 0.717) is 13.1 Å². The number of esters is 1. The molecule has 1 spiro atoms. The minimum absolute atomic E-state index is 0.0681. The molecule has 4 aliphatic rings. The quantitative estimate of drug-likeness (QED) is 0.667. The molecule has 4 fully saturated rings. The van der Waals surface area contributed by atoms with Gasteiger partial charge in [0.05, 0.1) is 13.1 Å². The summed E-state index contributed by atoms with van der Waals surface area (Å²) in [6, 6.07) is 19.0. The summed E-state index contributed by atoms with van der Waals surface area (Å²) in [6.07, 6.45) is 0.695. The number of nitrogens with zero attached hydrogens (tertiary/aromatic N) is 2. The highest BCUT2D eigenvalue weighted by atomic mass is 16.6. The maximum atomic E-state index is 13.0. The second-order valence-electron chi connectivity index (χ2n) is 8.35. The number of hydrogen-bond acceptors (Lipinski definition) is 6. The smallest absolute Gasteiger partial charge is 0.410 e. The zero-order valence-electron chi connectivity index (χ0n) is 17.3. The lowest BCUT2D eigenvalue weighted by Crippen LogP contribution is -2.76. The van der Waals surface area contributed by atoms with Gasteiger partial charge in [-0.3, -0.25) is 4.90 Å². The predicted molar refractivity (Wildman–Crippen MR) is 112 cm³/mol. The summed E-state index contributed by atoms with van der Waals surface area (Å²) in [5.41, 5.74) is 1.43. The Morgan fingerprint density at radius 1 is 1.06 bits per heavy atom. The maximum Gasteiger partial charge on any atom is 0.410 e. The fourth-order valence-electron chi connectivity index (χ4n) is 4.73. The van der Waals surface area contributed by atoms with Gasteiger partial charge in [-0.25, -0.2) is 14.5 Å². The molecule has 4 saturated heterocycles. The van der Waals surface area contributed by atoms with Gasteiger partial charge in [0.1, 0.15) is 18.6 Å². The zero-order valence-corrected chi connectivity index (χ0v) is 17.3. The van der Waals surface area contributed by atoms with E-state index in [4.69, 9.17) is 14.2 Å². The average molecular weight is 422 g/mol. The van der Waals surface area contributed by atoms with Gasteiger partial charge in [-0.15, -0.1) is 0 Å². The van der Waals surface area contributed by atoms with Gasteiger partial charge < -0.3 is 14.2 Å². The number of carbonyl (C=O) groups excluding carboxylic acids is 2. The third-order valence-corrected chi connectivity index (χ3v) is 6.26. The Bertz CT molecular complexity index is 938. The Morgan fingerprint density at radius 2 is 1.77 bits per heavy atom. The molecule has 6 rings (SSSR count). The van der Waals surface area contributed by atoms with Gasteiger partial charge in [-0.2, -0.15) is 0 Å². The SMILES string of the molecule is O=C(OCc1ccccc1)[C@H](Cc1ccccc1)OC(=O)N1CC2O[C@@]3(CCCN23)C1. The molecule has 0 saturated carbocycles. The monoisotopic (exact) mass is 422 g/mol. The second-order valence-corrected chi connectivity index (χ2v) is 8.35. The molecule has 1 amide bonds. The van der Waals surface area contributed by atoms with E-state index in [-0.39, 0.29) is 25.0 Å². The summed E-state index contributed by atoms with van der Waals surface area (Å²) in [4.78, 5) is 29.8. The van der Waals surface area contributed by atoms with Crippen LogP contribution in [0.5, 0.6) is 0 Å². The molecule has 7 heteroatoms. The average Bonchev–Trinajstić information content (AvgIpc) is 3.15. The molecular formula is C24H26N2O5. The first-order chi connectivity index (χ1) is 15.1. The number of rotatable bonds is 6. The third-order valence-electron chi connectivity index (χ3n) is 6.26. The van der Waals surface area contributed by atoms with Gasteiger partial charge in [0.15, 0.2) is 0 Å². The number of benzene rings is 2. The fourth-order valence-corrected chi connectivity index (χ4v) is 4.73. The van der Waals surface area contributed by atoms with Crippen molar-refractivity contribution in [2.24, 2.45) is 0 Å². The van der Waals surface area contributed by atoms with Crippen molar-refractivity contribution in [1.29, 1.82) is 0 Å². The summed E-state index contributed by atoms with van der Waals surface area (Å²) in [6.45, 7) is 2.08. The summed E-state index contributed by atoms with van der Waals surface area (Å²) in [7, 11) is 0. The first kappa shape index (κ1) is 20.0. The molecule has 3 atom stereocenters. The Hall–Kier alpha value is -2.90. The van der Waals surface area contributed by atoms with E-state index in [2.05, 4.69) is 4.90 Å². The van der Waals surface area contributed by atoms with Gasteiger partial charge in [0.25, 0.3) is 0 Å². The van der Waals surface area contributed by atoms with Crippen LogP contribution in [0.25, 0.3) is 0 Å². The van der Waals surface area contributed by atoms with Crippen molar-refractivity contribution >= 4 is 12.1 Å². The lowest BCUT2D eigenvalue weighted by Gasteiger charge is -2.60. The molecule has 1 unspecified atom stereocenters. The van der Waals surface area contributed by atoms with E-state index in [1.165, 1.54) is 0 Å². The van der Waals surface area contributed by atoms with Gasteiger partial charge in [-0.05, 0) is 24.0 Å². The first-order valence-electron chi connectivity index (χ1n) is 10.8. The van der Waals surface area contributed by atoms with E-state index in [9.17, 15) is 9.59 Å². The highest BCUT2D eigenvalue weighted by molar-refractivity contribution is 5.79. The molecule has 7 nitrogen and oxygen atoms in total. The number of fused-ring (bicyclic) bond motifs is 2. The topological polar surface area (TPSA) is 68.3 Å². The standard InChI is InChI=1S/C24H26N2O5/c27-22(29-16-19-10-5-2-6-11-19)20(14-18-8-3-1-4-9-18)30-23(28)25-15-21-26-13-7-12-24(26,17-25)31-21/h1-6,8-11,20-21H,7,12-17H2/t20-,21?,24-/m0/s1. The van der Waals surface area contributed by atoms with Crippen LogP contribution < -0.4 is 0 Å². The van der Waals surface area contributed by atoms with Crippen LogP contribution in [-0.4, -0.2) is 59.6 Å². The first-order valence-corrected chi connectivity index (χ1v) is 10.8. The molecule has 162 valence electrons. The van der Waals surface area contributed by atoms with Crippen LogP contribution in [0.2, 0.25) is 0 Å². The van der Waals surface area contributed by atoms with E-state index in [1.807, 2.05) is 60.7 Å². The minimum atomic E-state index is -1.00. The lowest BCUT2D eigenvalue weighted by atomic mass is 10.0. The molecule has 0 radical (unpaired) electrons. The second kappa shape index (κ2) is 8.32. The van der Waals surface area contributed by atoms with Crippen LogP contribution in [0, 0.1) is 0 Å². The normalized spacial score (nSPS) is 25.3. The van der Waals surface area contributed by atoms with Crippen molar-refractivity contribution < 1.29 is 23.8 Å². The Kier molecular flexibility index (Phi) is 5.38. The number of carbonyl (C=O) groups is 2. The van der Waals surface area contributed by atoms with Crippen LogP contribution in [0.1, 0.15) is 24.0 Å². The van der Waals surface area contributed by atoms with Crippen molar-refractivity contribution in [3.8, 4) is 0 Å². The number of piperazine rings is 1. The van der Waals surface area contributed by atoms with Crippen molar-refractivity contribution in [2.45, 2.75) is 43.9 Å².